The maximum atomic E-state index is 11.4. The molecule has 0 aliphatic rings. The fourth-order valence-corrected chi connectivity index (χ4v) is 1.57. The first-order valence-corrected chi connectivity index (χ1v) is 5.99. The van der Waals surface area contributed by atoms with E-state index in [4.69, 9.17) is 4.74 Å². The minimum absolute atomic E-state index is 0.0444. The van der Waals surface area contributed by atoms with E-state index in [1.165, 1.54) is 0 Å². The minimum Gasteiger partial charge on any atom is -0.492 e. The molecule has 16 heavy (non-hydrogen) atoms. The van der Waals surface area contributed by atoms with Gasteiger partial charge >= 0.3 is 0 Å². The maximum Gasteiger partial charge on any atom is 0.269 e. The first-order valence-electron chi connectivity index (χ1n) is 5.20. The Kier molecular flexibility index (Phi) is 4.95. The molecule has 0 radical (unpaired) electrons. The molecule has 1 heterocycles. The summed E-state index contributed by atoms with van der Waals surface area (Å²) in [5.41, 5.74) is -0.400. The predicted molar refractivity (Wildman–Crippen MR) is 63.5 cm³/mol. The molecule has 2 N–H and O–H groups in total. The number of halogens is 1. The third kappa shape index (κ3) is 3.05. The fraction of sp³-hybridized carbons (Fsp3) is 0.600. The van der Waals surface area contributed by atoms with Crippen molar-refractivity contribution in [2.45, 2.75) is 32.8 Å². The summed E-state index contributed by atoms with van der Waals surface area (Å²) in [6, 6.07) is 0. The molecule has 90 valence electrons. The zero-order valence-electron chi connectivity index (χ0n) is 9.29. The van der Waals surface area contributed by atoms with E-state index in [9.17, 15) is 9.90 Å². The summed E-state index contributed by atoms with van der Waals surface area (Å²) < 4.78 is 5.50. The molecule has 0 aliphatic heterocycles. The number of H-pyrrole nitrogens is 1. The Labute approximate surface area is 102 Å². The van der Waals surface area contributed by atoms with Gasteiger partial charge < -0.3 is 14.8 Å². The van der Waals surface area contributed by atoms with Crippen LogP contribution in [0.15, 0.2) is 9.27 Å². The normalized spacial score (nSPS) is 12.7. The van der Waals surface area contributed by atoms with Gasteiger partial charge in [0.15, 0.2) is 0 Å². The number of aromatic hydroxyl groups is 1. The van der Waals surface area contributed by atoms with E-state index in [0.717, 1.165) is 12.8 Å². The Morgan fingerprint density at radius 3 is 2.75 bits per heavy atom. The van der Waals surface area contributed by atoms with Crippen LogP contribution in [0.5, 0.6) is 5.88 Å². The summed E-state index contributed by atoms with van der Waals surface area (Å²) in [5, 5.41) is 9.43. The third-order valence-electron chi connectivity index (χ3n) is 2.09. The number of nitrogens with one attached hydrogen (secondary N) is 1. The van der Waals surface area contributed by atoms with Crippen molar-refractivity contribution in [2.75, 3.05) is 6.61 Å². The van der Waals surface area contributed by atoms with Gasteiger partial charge in [0.25, 0.3) is 5.56 Å². The second kappa shape index (κ2) is 6.00. The minimum atomic E-state index is -0.400. The Balaban J connectivity index is 3.05. The molecule has 0 fully saturated rings. The molecule has 5 nitrogen and oxygen atoms in total. The Morgan fingerprint density at radius 1 is 1.56 bits per heavy atom. The number of rotatable bonds is 5. The maximum absolute atomic E-state index is 11.4. The average molecular weight is 291 g/mol. The van der Waals surface area contributed by atoms with Gasteiger partial charge in [0.2, 0.25) is 5.88 Å². The van der Waals surface area contributed by atoms with Crippen molar-refractivity contribution in [2.24, 2.45) is 0 Å². The van der Waals surface area contributed by atoms with E-state index < -0.39 is 5.56 Å². The summed E-state index contributed by atoms with van der Waals surface area (Å²) in [6.45, 7) is 4.42. The quantitative estimate of drug-likeness (QED) is 0.871. The average Bonchev–Trinajstić information content (AvgIpc) is 2.25. The lowest BCUT2D eigenvalue weighted by Gasteiger charge is -2.15. The van der Waals surface area contributed by atoms with Gasteiger partial charge in [-0.3, -0.25) is 4.79 Å². The molecule has 0 saturated carbocycles. The van der Waals surface area contributed by atoms with E-state index in [-0.39, 0.29) is 16.5 Å². The first kappa shape index (κ1) is 13.2. The highest BCUT2D eigenvalue weighted by Gasteiger charge is 2.16. The highest BCUT2D eigenvalue weighted by Crippen LogP contribution is 2.22. The lowest BCUT2D eigenvalue weighted by molar-refractivity contribution is 0.0487. The van der Waals surface area contributed by atoms with E-state index in [1.807, 2.05) is 13.8 Å². The number of hydrogen-bond donors (Lipinski definition) is 2. The van der Waals surface area contributed by atoms with Crippen molar-refractivity contribution in [1.82, 2.24) is 9.97 Å². The molecule has 0 aliphatic carbocycles. The van der Waals surface area contributed by atoms with Crippen LogP contribution in [0.25, 0.3) is 0 Å². The fourth-order valence-electron chi connectivity index (χ4n) is 1.38. The molecule has 1 atom stereocenters. The molecule has 1 aromatic rings. The lowest BCUT2D eigenvalue weighted by atomic mass is 10.2. The van der Waals surface area contributed by atoms with Gasteiger partial charge in [-0.1, -0.05) is 13.3 Å². The number of ether oxygens (including phenoxy) is 1. The number of hydrogen-bond acceptors (Lipinski definition) is 4. The van der Waals surface area contributed by atoms with E-state index >= 15 is 0 Å². The van der Waals surface area contributed by atoms with Gasteiger partial charge in [0, 0.05) is 6.61 Å². The molecule has 6 heteroatoms. The zero-order chi connectivity index (χ0) is 12.1. The van der Waals surface area contributed by atoms with Crippen LogP contribution in [0, 0.1) is 0 Å². The van der Waals surface area contributed by atoms with Crippen molar-refractivity contribution in [3.8, 4) is 5.88 Å². The second-order valence-corrected chi connectivity index (χ2v) is 4.11. The highest BCUT2D eigenvalue weighted by molar-refractivity contribution is 9.10. The number of aromatic amines is 1. The molecule has 1 aromatic heterocycles. The van der Waals surface area contributed by atoms with Crippen molar-refractivity contribution in [1.29, 1.82) is 0 Å². The van der Waals surface area contributed by atoms with Gasteiger partial charge in [0.05, 0.1) is 0 Å². The Morgan fingerprint density at radius 2 is 2.25 bits per heavy atom. The monoisotopic (exact) mass is 290 g/mol. The van der Waals surface area contributed by atoms with Gasteiger partial charge in [-0.25, -0.2) is 0 Å². The lowest BCUT2D eigenvalue weighted by Crippen LogP contribution is -2.17. The van der Waals surface area contributed by atoms with Crippen molar-refractivity contribution in [3.05, 3.63) is 20.7 Å². The molecule has 0 spiro atoms. The van der Waals surface area contributed by atoms with Gasteiger partial charge in [-0.15, -0.1) is 0 Å². The summed E-state index contributed by atoms with van der Waals surface area (Å²) in [5.74, 6) is 0.0638. The molecule has 0 aromatic carbocycles. The van der Waals surface area contributed by atoms with Crippen LogP contribution in [0.4, 0.5) is 0 Å². The smallest absolute Gasteiger partial charge is 0.269 e. The highest BCUT2D eigenvalue weighted by atomic mass is 79.9. The van der Waals surface area contributed by atoms with Gasteiger partial charge in [-0.05, 0) is 29.3 Å². The van der Waals surface area contributed by atoms with Crippen molar-refractivity contribution in [3.63, 3.8) is 0 Å². The summed E-state index contributed by atoms with van der Waals surface area (Å²) in [6.07, 6.45) is 1.38. The first-order chi connectivity index (χ1) is 7.60. The van der Waals surface area contributed by atoms with Crippen LogP contribution in [-0.4, -0.2) is 21.7 Å². The molecule has 1 rings (SSSR count). The zero-order valence-corrected chi connectivity index (χ0v) is 10.9. The van der Waals surface area contributed by atoms with E-state index in [2.05, 4.69) is 25.9 Å². The Hall–Kier alpha value is -0.880. The molecule has 0 bridgehead atoms. The van der Waals surface area contributed by atoms with Gasteiger partial charge in [0.1, 0.15) is 16.4 Å². The SMILES string of the molecule is CCCC(OCC)c1nc(O)c(Br)c(=O)[nH]1. The molecular weight excluding hydrogens is 276 g/mol. The predicted octanol–water partition coefficient (Wildman–Crippen LogP) is 2.12. The summed E-state index contributed by atoms with van der Waals surface area (Å²) >= 11 is 2.94. The second-order valence-electron chi connectivity index (χ2n) is 3.32. The summed E-state index contributed by atoms with van der Waals surface area (Å²) in [7, 11) is 0. The van der Waals surface area contributed by atoms with E-state index in [0.29, 0.717) is 12.4 Å². The number of aromatic nitrogens is 2. The van der Waals surface area contributed by atoms with E-state index in [1.54, 1.807) is 0 Å². The summed E-state index contributed by atoms with van der Waals surface area (Å²) in [4.78, 5) is 17.9. The Bertz CT molecular complexity index is 400. The largest absolute Gasteiger partial charge is 0.492 e. The van der Waals surface area contributed by atoms with Crippen LogP contribution in [0.2, 0.25) is 0 Å². The van der Waals surface area contributed by atoms with Gasteiger partial charge in [-0.2, -0.15) is 4.98 Å². The standard InChI is InChI=1S/C10H15BrN2O3/c1-3-5-6(16-4-2)8-12-9(14)7(11)10(15)13-8/h6H,3-5H2,1-2H3,(H2,12,13,14,15). The van der Waals surface area contributed by atoms with Crippen molar-refractivity contribution < 1.29 is 9.84 Å². The molecular formula is C10H15BrN2O3. The van der Waals surface area contributed by atoms with Crippen molar-refractivity contribution >= 4 is 15.9 Å². The van der Waals surface area contributed by atoms with Crippen LogP contribution >= 0.6 is 15.9 Å². The number of nitrogens with zero attached hydrogens (tertiary/aromatic N) is 1. The van der Waals surface area contributed by atoms with Crippen LogP contribution in [0.1, 0.15) is 38.6 Å². The molecule has 0 saturated heterocycles. The van der Waals surface area contributed by atoms with Crippen LogP contribution in [-0.2, 0) is 4.74 Å². The topological polar surface area (TPSA) is 75.2 Å². The molecule has 0 amide bonds. The van der Waals surface area contributed by atoms with Crippen LogP contribution in [0.3, 0.4) is 0 Å². The van der Waals surface area contributed by atoms with Crippen LogP contribution < -0.4 is 5.56 Å². The molecule has 1 unspecified atom stereocenters. The third-order valence-corrected chi connectivity index (χ3v) is 2.80.